The number of hydrogen-bond acceptors (Lipinski definition) is 4. The van der Waals surface area contributed by atoms with Crippen LogP contribution in [-0.2, 0) is 0 Å². The highest BCUT2D eigenvalue weighted by Gasteiger charge is 2.13. The number of ether oxygens (including phenoxy) is 1. The van der Waals surface area contributed by atoms with E-state index < -0.39 is 0 Å². The highest BCUT2D eigenvalue weighted by atomic mass is 16.5. The summed E-state index contributed by atoms with van der Waals surface area (Å²) in [6.45, 7) is 5.03. The number of nitrogens with one attached hydrogen (secondary N) is 1. The second-order valence-electron chi connectivity index (χ2n) is 4.60. The van der Waals surface area contributed by atoms with Crippen molar-refractivity contribution in [1.29, 1.82) is 0 Å². The summed E-state index contributed by atoms with van der Waals surface area (Å²) in [6.07, 6.45) is 1.89. The van der Waals surface area contributed by atoms with E-state index in [-0.39, 0.29) is 12.1 Å². The van der Waals surface area contributed by atoms with Gasteiger partial charge in [0.25, 0.3) is 0 Å². The van der Waals surface area contributed by atoms with Crippen molar-refractivity contribution in [2.75, 3.05) is 27.7 Å². The zero-order valence-electron chi connectivity index (χ0n) is 11.4. The van der Waals surface area contributed by atoms with Crippen LogP contribution in [0.5, 0.6) is 5.88 Å². The van der Waals surface area contributed by atoms with E-state index in [2.05, 4.69) is 29.0 Å². The van der Waals surface area contributed by atoms with Crippen LogP contribution in [0.15, 0.2) is 18.3 Å². The third-order valence-electron chi connectivity index (χ3n) is 2.64. The smallest absolute Gasteiger partial charge is 0.218 e. The van der Waals surface area contributed by atoms with Crippen LogP contribution in [0.1, 0.15) is 25.5 Å². The van der Waals surface area contributed by atoms with Gasteiger partial charge in [-0.2, -0.15) is 0 Å². The Morgan fingerprint density at radius 2 is 2.12 bits per heavy atom. The topological polar surface area (TPSA) is 37.4 Å². The summed E-state index contributed by atoms with van der Waals surface area (Å²) in [5, 5.41) is 3.21. The first-order valence-corrected chi connectivity index (χ1v) is 5.98. The van der Waals surface area contributed by atoms with E-state index in [1.807, 2.05) is 33.3 Å². The van der Waals surface area contributed by atoms with Gasteiger partial charge >= 0.3 is 0 Å². The molecule has 0 saturated carbocycles. The number of rotatable bonds is 6. The molecule has 1 aromatic rings. The third-order valence-corrected chi connectivity index (χ3v) is 2.64. The van der Waals surface area contributed by atoms with Gasteiger partial charge in [-0.15, -0.1) is 0 Å². The molecule has 0 aromatic carbocycles. The van der Waals surface area contributed by atoms with E-state index in [1.165, 1.54) is 0 Å². The largest absolute Gasteiger partial charge is 0.473 e. The third kappa shape index (κ3) is 4.32. The molecule has 17 heavy (non-hydrogen) atoms. The predicted octanol–water partition coefficient (Wildman–Crippen LogP) is 1.69. The van der Waals surface area contributed by atoms with Crippen molar-refractivity contribution in [2.24, 2.45) is 0 Å². The molecule has 0 bridgehead atoms. The molecule has 0 fully saturated rings. The van der Waals surface area contributed by atoms with Gasteiger partial charge in [0.1, 0.15) is 6.10 Å². The van der Waals surface area contributed by atoms with Gasteiger partial charge in [-0.3, -0.25) is 0 Å². The van der Waals surface area contributed by atoms with Crippen molar-refractivity contribution in [3.8, 4) is 5.88 Å². The van der Waals surface area contributed by atoms with Gasteiger partial charge in [0.05, 0.1) is 0 Å². The predicted molar refractivity (Wildman–Crippen MR) is 70.4 cm³/mol. The number of likely N-dealkylation sites (N-methyl/N-ethyl adjacent to an activating group) is 1. The van der Waals surface area contributed by atoms with E-state index in [0.717, 1.165) is 18.0 Å². The van der Waals surface area contributed by atoms with E-state index in [0.29, 0.717) is 0 Å². The molecule has 2 atom stereocenters. The normalized spacial score (nSPS) is 14.7. The number of pyridine rings is 1. The maximum atomic E-state index is 5.89. The van der Waals surface area contributed by atoms with Crippen LogP contribution in [0, 0.1) is 0 Å². The summed E-state index contributed by atoms with van der Waals surface area (Å²) < 4.78 is 5.89. The first kappa shape index (κ1) is 13.9. The van der Waals surface area contributed by atoms with E-state index in [9.17, 15) is 0 Å². The lowest BCUT2D eigenvalue weighted by Crippen LogP contribution is -2.29. The summed E-state index contributed by atoms with van der Waals surface area (Å²) in [6, 6.07) is 4.23. The fraction of sp³-hybridized carbons (Fsp3) is 0.615. The van der Waals surface area contributed by atoms with Crippen LogP contribution in [-0.4, -0.2) is 43.7 Å². The number of aromatic nitrogens is 1. The zero-order valence-corrected chi connectivity index (χ0v) is 11.4. The Balaban J connectivity index is 2.76. The van der Waals surface area contributed by atoms with Gasteiger partial charge in [-0.25, -0.2) is 4.98 Å². The van der Waals surface area contributed by atoms with E-state index in [4.69, 9.17) is 4.74 Å². The van der Waals surface area contributed by atoms with Crippen LogP contribution >= 0.6 is 0 Å². The fourth-order valence-electron chi connectivity index (χ4n) is 1.73. The van der Waals surface area contributed by atoms with Crippen molar-refractivity contribution in [1.82, 2.24) is 15.2 Å². The van der Waals surface area contributed by atoms with Crippen molar-refractivity contribution in [3.05, 3.63) is 23.9 Å². The van der Waals surface area contributed by atoms with Gasteiger partial charge in [0, 0.05) is 24.3 Å². The molecule has 1 heterocycles. The maximum absolute atomic E-state index is 5.89. The molecule has 0 aliphatic carbocycles. The average Bonchev–Trinajstić information content (AvgIpc) is 2.27. The van der Waals surface area contributed by atoms with Gasteiger partial charge in [-0.05, 0) is 41.1 Å². The van der Waals surface area contributed by atoms with Crippen LogP contribution in [0.25, 0.3) is 0 Å². The second-order valence-corrected chi connectivity index (χ2v) is 4.60. The number of nitrogens with zero attached hydrogens (tertiary/aromatic N) is 2. The van der Waals surface area contributed by atoms with Crippen molar-refractivity contribution >= 4 is 0 Å². The van der Waals surface area contributed by atoms with E-state index >= 15 is 0 Å². The Morgan fingerprint density at radius 3 is 2.71 bits per heavy atom. The van der Waals surface area contributed by atoms with Crippen molar-refractivity contribution < 1.29 is 4.74 Å². The molecular formula is C13H23N3O. The molecule has 96 valence electrons. The molecule has 0 amide bonds. The molecule has 1 rings (SSSR count). The minimum atomic E-state index is 0.128. The van der Waals surface area contributed by atoms with Crippen LogP contribution < -0.4 is 10.1 Å². The summed E-state index contributed by atoms with van der Waals surface area (Å²) in [4.78, 5) is 6.42. The summed E-state index contributed by atoms with van der Waals surface area (Å²) in [7, 11) is 6.01. The van der Waals surface area contributed by atoms with Gasteiger partial charge < -0.3 is 15.0 Å². The van der Waals surface area contributed by atoms with Crippen molar-refractivity contribution in [3.63, 3.8) is 0 Å². The molecule has 0 aliphatic rings. The lowest BCUT2D eigenvalue weighted by molar-refractivity contribution is 0.168. The molecule has 1 N–H and O–H groups in total. The Kier molecular flexibility index (Phi) is 5.38. The van der Waals surface area contributed by atoms with Crippen molar-refractivity contribution in [2.45, 2.75) is 26.0 Å². The fourth-order valence-corrected chi connectivity index (χ4v) is 1.73. The monoisotopic (exact) mass is 237 g/mol. The number of hydrogen-bond donors (Lipinski definition) is 1. The summed E-state index contributed by atoms with van der Waals surface area (Å²) in [5.74, 6) is 0.726. The zero-order chi connectivity index (χ0) is 12.8. The van der Waals surface area contributed by atoms with Gasteiger partial charge in [-0.1, -0.05) is 6.07 Å². The Bertz CT molecular complexity index is 341. The Morgan fingerprint density at radius 1 is 1.41 bits per heavy atom. The van der Waals surface area contributed by atoms with Gasteiger partial charge in [0.15, 0.2) is 0 Å². The second kappa shape index (κ2) is 6.57. The molecule has 2 unspecified atom stereocenters. The Labute approximate surface area is 104 Å². The minimum Gasteiger partial charge on any atom is -0.473 e. The lowest BCUT2D eigenvalue weighted by atomic mass is 10.1. The molecule has 4 nitrogen and oxygen atoms in total. The molecule has 0 saturated heterocycles. The molecule has 4 heteroatoms. The summed E-state index contributed by atoms with van der Waals surface area (Å²) in [5.41, 5.74) is 1.10. The molecular weight excluding hydrogens is 214 g/mol. The van der Waals surface area contributed by atoms with Crippen LogP contribution in [0.3, 0.4) is 0 Å². The standard InChI is InChI=1S/C13H23N3O/c1-10(9-16(4)5)17-13-12(11(2)14-3)7-6-8-15-13/h6-8,10-11,14H,9H2,1-5H3. The highest BCUT2D eigenvalue weighted by molar-refractivity contribution is 5.28. The summed E-state index contributed by atoms with van der Waals surface area (Å²) >= 11 is 0. The van der Waals surface area contributed by atoms with E-state index in [1.54, 1.807) is 6.20 Å². The molecule has 0 spiro atoms. The minimum absolute atomic E-state index is 0.128. The Hall–Kier alpha value is -1.13. The molecule has 0 radical (unpaired) electrons. The maximum Gasteiger partial charge on any atom is 0.218 e. The van der Waals surface area contributed by atoms with Crippen LogP contribution in [0.2, 0.25) is 0 Å². The van der Waals surface area contributed by atoms with Gasteiger partial charge in [0.2, 0.25) is 5.88 Å². The highest BCUT2D eigenvalue weighted by Crippen LogP contribution is 2.22. The average molecular weight is 237 g/mol. The molecule has 1 aromatic heterocycles. The quantitative estimate of drug-likeness (QED) is 0.817. The first-order valence-electron chi connectivity index (χ1n) is 5.98. The SMILES string of the molecule is CNC(C)c1cccnc1OC(C)CN(C)C. The molecule has 0 aliphatic heterocycles. The lowest BCUT2D eigenvalue weighted by Gasteiger charge is -2.21. The van der Waals surface area contributed by atoms with Crippen LogP contribution in [0.4, 0.5) is 0 Å². The first-order chi connectivity index (χ1) is 8.04.